The molecule has 1 fully saturated rings. The first kappa shape index (κ1) is 22.6. The third-order valence-electron chi connectivity index (χ3n) is 4.51. The van der Waals surface area contributed by atoms with Crippen molar-refractivity contribution in [1.29, 1.82) is 0 Å². The Morgan fingerprint density at radius 1 is 1.07 bits per heavy atom. The molecule has 0 unspecified atom stereocenters. The number of hydrogen-bond donors (Lipinski definition) is 1. The van der Waals surface area contributed by atoms with Crippen LogP contribution in [0.5, 0.6) is 0 Å². The average Bonchev–Trinajstić information content (AvgIpc) is 2.59. The predicted octanol–water partition coefficient (Wildman–Crippen LogP) is 2.31. The van der Waals surface area contributed by atoms with Gasteiger partial charge >= 0.3 is 6.18 Å². The van der Waals surface area contributed by atoms with E-state index in [4.69, 9.17) is 0 Å². The van der Waals surface area contributed by atoms with E-state index in [1.807, 2.05) is 25.7 Å². The maximum Gasteiger partial charge on any atom is 0.417 e. The Hall–Kier alpha value is -1.65. The molecule has 1 saturated heterocycles. The zero-order valence-corrected chi connectivity index (χ0v) is 17.2. The van der Waals surface area contributed by atoms with Crippen LogP contribution in [0.15, 0.2) is 29.2 Å². The zero-order chi connectivity index (χ0) is 21.3. The van der Waals surface area contributed by atoms with Crippen LogP contribution in [0.3, 0.4) is 0 Å². The Bertz CT molecular complexity index is 811. The van der Waals surface area contributed by atoms with E-state index in [0.717, 1.165) is 22.5 Å². The van der Waals surface area contributed by atoms with Crippen molar-refractivity contribution < 1.29 is 26.4 Å². The molecule has 2 rings (SSSR count). The van der Waals surface area contributed by atoms with Gasteiger partial charge in [0.25, 0.3) is 0 Å². The minimum absolute atomic E-state index is 0.0155. The molecule has 1 aliphatic rings. The van der Waals surface area contributed by atoms with Crippen molar-refractivity contribution in [1.82, 2.24) is 14.5 Å². The van der Waals surface area contributed by atoms with Crippen molar-refractivity contribution in [3.05, 3.63) is 29.8 Å². The summed E-state index contributed by atoms with van der Waals surface area (Å²) >= 11 is 0. The van der Waals surface area contributed by atoms with E-state index in [1.54, 1.807) is 6.92 Å². The number of benzene rings is 1. The van der Waals surface area contributed by atoms with Gasteiger partial charge in [-0.1, -0.05) is 12.1 Å². The van der Waals surface area contributed by atoms with E-state index in [-0.39, 0.29) is 32.1 Å². The molecule has 0 bridgehead atoms. The number of piperazine rings is 1. The molecule has 1 aliphatic heterocycles. The summed E-state index contributed by atoms with van der Waals surface area (Å²) in [6.45, 7) is 7.85. The lowest BCUT2D eigenvalue weighted by Crippen LogP contribution is -2.56. The van der Waals surface area contributed by atoms with E-state index in [2.05, 4.69) is 5.32 Å². The van der Waals surface area contributed by atoms with Gasteiger partial charge in [0.05, 0.1) is 16.5 Å². The van der Waals surface area contributed by atoms with Gasteiger partial charge in [-0.3, -0.25) is 9.69 Å². The third-order valence-corrected chi connectivity index (χ3v) is 6.47. The molecule has 0 aromatic heterocycles. The Kier molecular flexibility index (Phi) is 6.47. The van der Waals surface area contributed by atoms with Crippen molar-refractivity contribution in [3.8, 4) is 0 Å². The van der Waals surface area contributed by atoms with Crippen LogP contribution >= 0.6 is 0 Å². The highest BCUT2D eigenvalue weighted by molar-refractivity contribution is 7.89. The standard InChI is InChI=1S/C18H26F3N3O3S/c1-13(16(25)22-17(2,3)4)23-9-11-24(12-10-23)28(26,27)15-8-6-5-7-14(15)18(19,20)21/h5-8,13H,9-12H2,1-4H3,(H,22,25)/t13-/m0/s1. The number of sulfonamides is 1. The topological polar surface area (TPSA) is 69.7 Å². The summed E-state index contributed by atoms with van der Waals surface area (Å²) in [5.74, 6) is -0.175. The second-order valence-electron chi connectivity index (χ2n) is 7.85. The molecule has 1 N–H and O–H groups in total. The molecular formula is C18H26F3N3O3S. The lowest BCUT2D eigenvalue weighted by Gasteiger charge is -2.37. The molecule has 0 aliphatic carbocycles. The molecule has 28 heavy (non-hydrogen) atoms. The Labute approximate surface area is 163 Å². The van der Waals surface area contributed by atoms with Crippen LogP contribution in [0.25, 0.3) is 0 Å². The summed E-state index contributed by atoms with van der Waals surface area (Å²) in [4.78, 5) is 13.4. The summed E-state index contributed by atoms with van der Waals surface area (Å²) in [6, 6.07) is 3.71. The summed E-state index contributed by atoms with van der Waals surface area (Å²) in [7, 11) is -4.29. The first-order valence-corrected chi connectivity index (χ1v) is 10.4. The van der Waals surface area contributed by atoms with Crippen molar-refractivity contribution in [3.63, 3.8) is 0 Å². The molecular weight excluding hydrogens is 395 g/mol. The lowest BCUT2D eigenvalue weighted by atomic mass is 10.1. The molecule has 6 nitrogen and oxygen atoms in total. The van der Waals surface area contributed by atoms with Crippen LogP contribution in [0, 0.1) is 0 Å². The molecule has 0 saturated carbocycles. The van der Waals surface area contributed by atoms with Crippen molar-refractivity contribution in [2.24, 2.45) is 0 Å². The van der Waals surface area contributed by atoms with Gasteiger partial charge in [-0.2, -0.15) is 17.5 Å². The number of carbonyl (C=O) groups is 1. The highest BCUT2D eigenvalue weighted by Crippen LogP contribution is 2.35. The van der Waals surface area contributed by atoms with E-state index in [9.17, 15) is 26.4 Å². The second-order valence-corrected chi connectivity index (χ2v) is 9.76. The monoisotopic (exact) mass is 421 g/mol. The third kappa shape index (κ3) is 5.24. The van der Waals surface area contributed by atoms with Crippen molar-refractivity contribution in [2.75, 3.05) is 26.2 Å². The molecule has 1 atom stereocenters. The summed E-state index contributed by atoms with van der Waals surface area (Å²) < 4.78 is 66.2. The molecule has 1 heterocycles. The molecule has 1 aromatic carbocycles. The van der Waals surface area contributed by atoms with Crippen LogP contribution in [-0.4, -0.2) is 61.3 Å². The Morgan fingerprint density at radius 2 is 1.61 bits per heavy atom. The highest BCUT2D eigenvalue weighted by Gasteiger charge is 2.40. The Balaban J connectivity index is 2.12. The molecule has 10 heteroatoms. The van der Waals surface area contributed by atoms with Crippen LogP contribution < -0.4 is 5.32 Å². The summed E-state index contributed by atoms with van der Waals surface area (Å²) in [6.07, 6.45) is -4.76. The fraction of sp³-hybridized carbons (Fsp3) is 0.611. The molecule has 0 radical (unpaired) electrons. The quantitative estimate of drug-likeness (QED) is 0.810. The van der Waals surface area contributed by atoms with Gasteiger partial charge in [0.15, 0.2) is 0 Å². The number of alkyl halides is 3. The average molecular weight is 421 g/mol. The number of nitrogens with zero attached hydrogens (tertiary/aromatic N) is 2. The fourth-order valence-electron chi connectivity index (χ4n) is 3.04. The molecule has 1 aromatic rings. The number of nitrogens with one attached hydrogen (secondary N) is 1. The zero-order valence-electron chi connectivity index (χ0n) is 16.4. The smallest absolute Gasteiger partial charge is 0.350 e. The van der Waals surface area contributed by atoms with E-state index in [1.165, 1.54) is 6.07 Å². The van der Waals surface area contributed by atoms with Crippen molar-refractivity contribution >= 4 is 15.9 Å². The van der Waals surface area contributed by atoms with Crippen LogP contribution in [0.1, 0.15) is 33.3 Å². The highest BCUT2D eigenvalue weighted by atomic mass is 32.2. The van der Waals surface area contributed by atoms with Gasteiger partial charge in [-0.25, -0.2) is 8.42 Å². The van der Waals surface area contributed by atoms with Crippen LogP contribution in [0.4, 0.5) is 13.2 Å². The number of halogens is 3. The largest absolute Gasteiger partial charge is 0.417 e. The van der Waals surface area contributed by atoms with Crippen LogP contribution in [-0.2, 0) is 21.0 Å². The Morgan fingerprint density at radius 3 is 2.11 bits per heavy atom. The SMILES string of the molecule is C[C@@H](C(=O)NC(C)(C)C)N1CCN(S(=O)(=O)c2ccccc2C(F)(F)F)CC1. The van der Waals surface area contributed by atoms with E-state index >= 15 is 0 Å². The van der Waals surface area contributed by atoms with Gasteiger partial charge in [-0.15, -0.1) is 0 Å². The van der Waals surface area contributed by atoms with Gasteiger partial charge < -0.3 is 5.32 Å². The van der Waals surface area contributed by atoms with Crippen LogP contribution in [0.2, 0.25) is 0 Å². The van der Waals surface area contributed by atoms with Gasteiger partial charge in [0.1, 0.15) is 0 Å². The number of hydrogen-bond acceptors (Lipinski definition) is 4. The maximum absolute atomic E-state index is 13.2. The summed E-state index contributed by atoms with van der Waals surface area (Å²) in [5, 5.41) is 2.87. The predicted molar refractivity (Wildman–Crippen MR) is 99.1 cm³/mol. The number of rotatable bonds is 4. The lowest BCUT2D eigenvalue weighted by molar-refractivity contribution is -0.140. The molecule has 0 spiro atoms. The fourth-order valence-corrected chi connectivity index (χ4v) is 4.67. The van der Waals surface area contributed by atoms with Gasteiger partial charge in [0.2, 0.25) is 15.9 Å². The second kappa shape index (κ2) is 8.00. The first-order chi connectivity index (χ1) is 12.7. The van der Waals surface area contributed by atoms with Crippen molar-refractivity contribution in [2.45, 2.75) is 50.3 Å². The minimum Gasteiger partial charge on any atom is -0.350 e. The minimum atomic E-state index is -4.76. The molecule has 158 valence electrons. The maximum atomic E-state index is 13.2. The number of amides is 1. The van der Waals surface area contributed by atoms with E-state index in [0.29, 0.717) is 0 Å². The molecule has 1 amide bonds. The van der Waals surface area contributed by atoms with Gasteiger partial charge in [-0.05, 0) is 39.8 Å². The first-order valence-electron chi connectivity index (χ1n) is 8.96. The van der Waals surface area contributed by atoms with Gasteiger partial charge in [0, 0.05) is 31.7 Å². The number of carbonyl (C=O) groups excluding carboxylic acids is 1. The normalized spacial score (nSPS) is 18.7. The summed E-state index contributed by atoms with van der Waals surface area (Å²) in [5.41, 5.74) is -1.56. The van der Waals surface area contributed by atoms with E-state index < -0.39 is 38.2 Å².